The molecule has 0 aliphatic rings. The number of methoxy groups -OCH3 is 2. The van der Waals surface area contributed by atoms with Gasteiger partial charge in [0.2, 0.25) is 0 Å². The van der Waals surface area contributed by atoms with E-state index in [2.05, 4.69) is 4.98 Å². The molecule has 2 N–H and O–H groups in total. The van der Waals surface area contributed by atoms with E-state index in [1.165, 1.54) is 0 Å². The molecule has 0 radical (unpaired) electrons. The van der Waals surface area contributed by atoms with Crippen molar-refractivity contribution in [2.45, 2.75) is 19.4 Å². The Morgan fingerprint density at radius 1 is 1.26 bits per heavy atom. The first-order valence-corrected chi connectivity index (χ1v) is 6.92. The number of rotatable bonds is 5. The highest BCUT2D eigenvalue weighted by atomic mass is 32.1. The van der Waals surface area contributed by atoms with Crippen LogP contribution < -0.4 is 15.2 Å². The third-order valence-corrected chi connectivity index (χ3v) is 3.71. The predicted molar refractivity (Wildman–Crippen MR) is 77.1 cm³/mol. The third kappa shape index (κ3) is 3.24. The quantitative estimate of drug-likeness (QED) is 0.913. The van der Waals surface area contributed by atoms with Crippen molar-refractivity contribution < 1.29 is 9.47 Å². The summed E-state index contributed by atoms with van der Waals surface area (Å²) in [4.78, 5) is 4.52. The molecule has 0 fully saturated rings. The average Bonchev–Trinajstić information content (AvgIpc) is 2.87. The van der Waals surface area contributed by atoms with E-state index in [1.54, 1.807) is 25.6 Å². The van der Waals surface area contributed by atoms with Gasteiger partial charge in [-0.1, -0.05) is 6.07 Å². The Hall–Kier alpha value is -1.59. The number of hydrogen-bond acceptors (Lipinski definition) is 5. The Kier molecular flexibility index (Phi) is 4.39. The number of hydrogen-bond donors (Lipinski definition) is 1. The summed E-state index contributed by atoms with van der Waals surface area (Å²) < 4.78 is 10.5. The van der Waals surface area contributed by atoms with Crippen molar-refractivity contribution in [3.63, 3.8) is 0 Å². The Labute approximate surface area is 117 Å². The second kappa shape index (κ2) is 6.04. The van der Waals surface area contributed by atoms with Gasteiger partial charge in [0.25, 0.3) is 0 Å². The molecule has 2 rings (SSSR count). The van der Waals surface area contributed by atoms with Crippen molar-refractivity contribution in [1.82, 2.24) is 4.98 Å². The van der Waals surface area contributed by atoms with Crippen molar-refractivity contribution in [3.05, 3.63) is 39.8 Å². The molecule has 0 saturated carbocycles. The van der Waals surface area contributed by atoms with Gasteiger partial charge in [-0.25, -0.2) is 4.98 Å². The number of nitrogens with two attached hydrogens (primary N) is 1. The molecular weight excluding hydrogens is 260 g/mol. The lowest BCUT2D eigenvalue weighted by molar-refractivity contribution is 0.354. The van der Waals surface area contributed by atoms with Gasteiger partial charge in [-0.05, 0) is 24.6 Å². The maximum atomic E-state index is 5.81. The topological polar surface area (TPSA) is 57.4 Å². The van der Waals surface area contributed by atoms with E-state index in [0.717, 1.165) is 34.2 Å². The zero-order valence-electron chi connectivity index (χ0n) is 11.3. The zero-order chi connectivity index (χ0) is 13.8. The summed E-state index contributed by atoms with van der Waals surface area (Å²) in [6.07, 6.45) is 0.776. The van der Waals surface area contributed by atoms with Gasteiger partial charge in [0.15, 0.2) is 11.5 Å². The van der Waals surface area contributed by atoms with Gasteiger partial charge in [-0.3, -0.25) is 0 Å². The van der Waals surface area contributed by atoms with Crippen molar-refractivity contribution in [2.24, 2.45) is 5.73 Å². The molecule has 0 amide bonds. The standard InChI is InChI=1S/C14H18N2O2S/c1-9(15)11-8-19-14(16-11)7-10-4-5-12(17-2)13(6-10)18-3/h4-6,8-9H,7,15H2,1-3H3. The van der Waals surface area contributed by atoms with E-state index in [9.17, 15) is 0 Å². The van der Waals surface area contributed by atoms with Crippen molar-refractivity contribution >= 4 is 11.3 Å². The minimum absolute atomic E-state index is 0.0181. The van der Waals surface area contributed by atoms with Crippen LogP contribution in [0.5, 0.6) is 11.5 Å². The van der Waals surface area contributed by atoms with Gasteiger partial charge in [0, 0.05) is 17.8 Å². The predicted octanol–water partition coefficient (Wildman–Crippen LogP) is 2.77. The van der Waals surface area contributed by atoms with Crippen LogP contribution >= 0.6 is 11.3 Å². The Morgan fingerprint density at radius 2 is 2.00 bits per heavy atom. The molecule has 0 saturated heterocycles. The molecule has 19 heavy (non-hydrogen) atoms. The van der Waals surface area contributed by atoms with E-state index < -0.39 is 0 Å². The maximum absolute atomic E-state index is 5.81. The first-order valence-electron chi connectivity index (χ1n) is 6.04. The average molecular weight is 278 g/mol. The summed E-state index contributed by atoms with van der Waals surface area (Å²) in [5, 5.41) is 3.07. The van der Waals surface area contributed by atoms with Crippen LogP contribution in [0.2, 0.25) is 0 Å². The van der Waals surface area contributed by atoms with Crippen LogP contribution in [0.1, 0.15) is 29.2 Å². The van der Waals surface area contributed by atoms with Gasteiger partial charge < -0.3 is 15.2 Å². The van der Waals surface area contributed by atoms with Crippen LogP contribution in [-0.4, -0.2) is 19.2 Å². The maximum Gasteiger partial charge on any atom is 0.160 e. The van der Waals surface area contributed by atoms with Gasteiger partial charge in [0.05, 0.1) is 24.9 Å². The molecule has 102 valence electrons. The molecule has 0 spiro atoms. The Balaban J connectivity index is 2.18. The molecular formula is C14H18N2O2S. The summed E-state index contributed by atoms with van der Waals surface area (Å²) in [6, 6.07) is 5.89. The van der Waals surface area contributed by atoms with Crippen molar-refractivity contribution in [1.29, 1.82) is 0 Å². The minimum Gasteiger partial charge on any atom is -0.493 e. The molecule has 1 atom stereocenters. The number of aromatic nitrogens is 1. The molecule has 1 unspecified atom stereocenters. The SMILES string of the molecule is COc1ccc(Cc2nc(C(C)N)cs2)cc1OC. The molecule has 0 aliphatic heterocycles. The van der Waals surface area contributed by atoms with E-state index >= 15 is 0 Å². The van der Waals surface area contributed by atoms with E-state index in [4.69, 9.17) is 15.2 Å². The summed E-state index contributed by atoms with van der Waals surface area (Å²) in [6.45, 7) is 1.94. The summed E-state index contributed by atoms with van der Waals surface area (Å²) in [5.41, 5.74) is 7.90. The second-order valence-electron chi connectivity index (χ2n) is 4.32. The monoisotopic (exact) mass is 278 g/mol. The Morgan fingerprint density at radius 3 is 2.58 bits per heavy atom. The summed E-state index contributed by atoms with van der Waals surface area (Å²) >= 11 is 1.63. The second-order valence-corrected chi connectivity index (χ2v) is 5.26. The van der Waals surface area contributed by atoms with Crippen LogP contribution in [0.15, 0.2) is 23.6 Å². The first-order chi connectivity index (χ1) is 9.13. The molecule has 2 aromatic rings. The lowest BCUT2D eigenvalue weighted by Gasteiger charge is -2.08. The highest BCUT2D eigenvalue weighted by molar-refractivity contribution is 7.09. The van der Waals surface area contributed by atoms with Gasteiger partial charge in [0.1, 0.15) is 0 Å². The number of thiazole rings is 1. The molecule has 0 aliphatic carbocycles. The molecule has 1 aromatic carbocycles. The minimum atomic E-state index is -0.0181. The van der Waals surface area contributed by atoms with Crippen LogP contribution in [0.25, 0.3) is 0 Å². The fourth-order valence-corrected chi connectivity index (χ4v) is 2.71. The summed E-state index contributed by atoms with van der Waals surface area (Å²) in [5.74, 6) is 1.48. The van der Waals surface area contributed by atoms with Crippen molar-refractivity contribution in [2.75, 3.05) is 14.2 Å². The number of ether oxygens (including phenoxy) is 2. The van der Waals surface area contributed by atoms with E-state index in [-0.39, 0.29) is 6.04 Å². The normalized spacial score (nSPS) is 12.2. The van der Waals surface area contributed by atoms with Crippen LogP contribution in [0.3, 0.4) is 0 Å². The molecule has 0 bridgehead atoms. The largest absolute Gasteiger partial charge is 0.493 e. The van der Waals surface area contributed by atoms with Crippen molar-refractivity contribution in [3.8, 4) is 11.5 Å². The van der Waals surface area contributed by atoms with Gasteiger partial charge in [-0.2, -0.15) is 0 Å². The highest BCUT2D eigenvalue weighted by Crippen LogP contribution is 2.29. The Bertz CT molecular complexity index is 552. The smallest absolute Gasteiger partial charge is 0.160 e. The van der Waals surface area contributed by atoms with E-state index in [1.807, 2.05) is 30.5 Å². The molecule has 1 aromatic heterocycles. The van der Waals surface area contributed by atoms with Crippen LogP contribution in [0.4, 0.5) is 0 Å². The third-order valence-electron chi connectivity index (χ3n) is 2.84. The lowest BCUT2D eigenvalue weighted by atomic mass is 10.1. The molecule has 1 heterocycles. The fourth-order valence-electron chi connectivity index (χ4n) is 1.78. The van der Waals surface area contributed by atoms with Gasteiger partial charge >= 0.3 is 0 Å². The fraction of sp³-hybridized carbons (Fsp3) is 0.357. The molecule has 5 heteroatoms. The summed E-state index contributed by atoms with van der Waals surface area (Å²) in [7, 11) is 3.27. The highest BCUT2D eigenvalue weighted by Gasteiger charge is 2.09. The van der Waals surface area contributed by atoms with Crippen LogP contribution in [-0.2, 0) is 6.42 Å². The molecule has 4 nitrogen and oxygen atoms in total. The lowest BCUT2D eigenvalue weighted by Crippen LogP contribution is -2.05. The van der Waals surface area contributed by atoms with Crippen LogP contribution in [0, 0.1) is 0 Å². The van der Waals surface area contributed by atoms with Gasteiger partial charge in [-0.15, -0.1) is 11.3 Å². The number of nitrogens with zero attached hydrogens (tertiary/aromatic N) is 1. The first kappa shape index (κ1) is 13.8. The zero-order valence-corrected chi connectivity index (χ0v) is 12.2. The van der Waals surface area contributed by atoms with E-state index in [0.29, 0.717) is 0 Å². The number of benzene rings is 1.